The molecule has 72 valence electrons. The molecule has 1 N–H and O–H groups in total. The van der Waals surface area contributed by atoms with E-state index in [-0.39, 0.29) is 5.82 Å². The molecule has 0 saturated carbocycles. The average Bonchev–Trinajstić information content (AvgIpc) is 2.16. The van der Waals surface area contributed by atoms with Crippen molar-refractivity contribution >= 4 is 0 Å². The van der Waals surface area contributed by atoms with Crippen LogP contribution in [-0.2, 0) is 6.54 Å². The highest BCUT2D eigenvalue weighted by Gasteiger charge is 2.01. The van der Waals surface area contributed by atoms with E-state index in [1.807, 2.05) is 12.1 Å². The smallest absolute Gasteiger partial charge is 0.127 e. The lowest BCUT2D eigenvalue weighted by Gasteiger charge is -2.11. The third kappa shape index (κ3) is 3.15. The van der Waals surface area contributed by atoms with Gasteiger partial charge in [-0.1, -0.05) is 25.1 Å². The number of hydrogen-bond acceptors (Lipinski definition) is 1. The zero-order chi connectivity index (χ0) is 9.68. The van der Waals surface area contributed by atoms with Gasteiger partial charge in [0.25, 0.3) is 0 Å². The largest absolute Gasteiger partial charge is 0.310 e. The maximum Gasteiger partial charge on any atom is 0.127 e. The predicted molar refractivity (Wildman–Crippen MR) is 53.0 cm³/mol. The van der Waals surface area contributed by atoms with Crippen LogP contribution in [0.5, 0.6) is 0 Å². The van der Waals surface area contributed by atoms with Gasteiger partial charge in [-0.2, -0.15) is 0 Å². The summed E-state index contributed by atoms with van der Waals surface area (Å²) in [6, 6.07) is 7.32. The zero-order valence-electron chi connectivity index (χ0n) is 8.18. The zero-order valence-corrected chi connectivity index (χ0v) is 8.18. The van der Waals surface area contributed by atoms with Crippen LogP contribution in [0.2, 0.25) is 0 Å². The quantitative estimate of drug-likeness (QED) is 0.753. The van der Waals surface area contributed by atoms with Gasteiger partial charge in [-0.25, -0.2) is 4.39 Å². The Morgan fingerprint density at radius 2 is 2.08 bits per heavy atom. The monoisotopic (exact) mass is 181 g/mol. The van der Waals surface area contributed by atoms with E-state index in [2.05, 4.69) is 19.2 Å². The number of benzene rings is 1. The van der Waals surface area contributed by atoms with Crippen molar-refractivity contribution in [1.82, 2.24) is 5.32 Å². The van der Waals surface area contributed by atoms with Crippen molar-refractivity contribution in [3.8, 4) is 0 Å². The molecule has 0 saturated heterocycles. The third-order valence-corrected chi connectivity index (χ3v) is 2.21. The first-order valence-corrected chi connectivity index (χ1v) is 4.70. The van der Waals surface area contributed by atoms with Gasteiger partial charge in [0, 0.05) is 18.2 Å². The lowest BCUT2D eigenvalue weighted by Crippen LogP contribution is -2.24. The van der Waals surface area contributed by atoms with E-state index in [4.69, 9.17) is 0 Å². The molecule has 0 aliphatic rings. The minimum atomic E-state index is -0.127. The van der Waals surface area contributed by atoms with Crippen LogP contribution in [-0.4, -0.2) is 6.04 Å². The Morgan fingerprint density at radius 1 is 1.38 bits per heavy atom. The predicted octanol–water partition coefficient (Wildman–Crippen LogP) is 2.71. The van der Waals surface area contributed by atoms with Crippen LogP contribution in [0, 0.1) is 5.82 Å². The van der Waals surface area contributed by atoms with Gasteiger partial charge in [-0.05, 0) is 19.4 Å². The Balaban J connectivity index is 2.50. The molecule has 0 bridgehead atoms. The molecule has 0 radical (unpaired) electrons. The summed E-state index contributed by atoms with van der Waals surface area (Å²) in [6.07, 6.45) is 1.06. The molecule has 2 heteroatoms. The van der Waals surface area contributed by atoms with Gasteiger partial charge >= 0.3 is 0 Å². The van der Waals surface area contributed by atoms with E-state index in [9.17, 15) is 4.39 Å². The van der Waals surface area contributed by atoms with Gasteiger partial charge in [-0.3, -0.25) is 0 Å². The van der Waals surface area contributed by atoms with Crippen LogP contribution in [0.4, 0.5) is 4.39 Å². The summed E-state index contributed by atoms with van der Waals surface area (Å²) < 4.78 is 13.1. The summed E-state index contributed by atoms with van der Waals surface area (Å²) in [6.45, 7) is 4.82. The maximum atomic E-state index is 13.1. The van der Waals surface area contributed by atoms with Crippen molar-refractivity contribution < 1.29 is 4.39 Å². The highest BCUT2D eigenvalue weighted by Crippen LogP contribution is 2.06. The van der Waals surface area contributed by atoms with Crippen LogP contribution < -0.4 is 5.32 Å². The summed E-state index contributed by atoms with van der Waals surface area (Å²) in [7, 11) is 0. The molecule has 1 unspecified atom stereocenters. The van der Waals surface area contributed by atoms with Gasteiger partial charge in [-0.15, -0.1) is 0 Å². The van der Waals surface area contributed by atoms with Crippen LogP contribution in [0.3, 0.4) is 0 Å². The van der Waals surface area contributed by atoms with Crippen molar-refractivity contribution in [1.29, 1.82) is 0 Å². The Kier molecular flexibility index (Phi) is 3.90. The number of rotatable bonds is 4. The van der Waals surface area contributed by atoms with Crippen molar-refractivity contribution in [2.75, 3.05) is 0 Å². The Bertz CT molecular complexity index is 260. The third-order valence-electron chi connectivity index (χ3n) is 2.21. The van der Waals surface area contributed by atoms with Crippen molar-refractivity contribution in [2.45, 2.75) is 32.9 Å². The molecule has 0 aliphatic carbocycles. The van der Waals surface area contributed by atoms with E-state index in [0.717, 1.165) is 12.0 Å². The van der Waals surface area contributed by atoms with Crippen LogP contribution in [0.15, 0.2) is 24.3 Å². The molecule has 0 spiro atoms. The van der Waals surface area contributed by atoms with Crippen LogP contribution in [0.25, 0.3) is 0 Å². The van der Waals surface area contributed by atoms with E-state index in [1.54, 1.807) is 6.07 Å². The second kappa shape index (κ2) is 4.97. The molecular weight excluding hydrogens is 165 g/mol. The molecule has 1 aromatic rings. The average molecular weight is 181 g/mol. The lowest BCUT2D eigenvalue weighted by molar-refractivity contribution is 0.517. The molecule has 0 heterocycles. The fraction of sp³-hybridized carbons (Fsp3) is 0.455. The highest BCUT2D eigenvalue weighted by molar-refractivity contribution is 5.16. The fourth-order valence-electron chi connectivity index (χ4n) is 1.07. The molecule has 0 amide bonds. The molecule has 0 fully saturated rings. The molecule has 13 heavy (non-hydrogen) atoms. The normalized spacial score (nSPS) is 12.8. The van der Waals surface area contributed by atoms with Crippen molar-refractivity contribution in [3.63, 3.8) is 0 Å². The summed E-state index contributed by atoms with van der Waals surface area (Å²) >= 11 is 0. The number of hydrogen-bond donors (Lipinski definition) is 1. The standard InChI is InChI=1S/C11H16FN/c1-3-9(2)13-8-10-6-4-5-7-11(10)12/h4-7,9,13H,3,8H2,1-2H3. The second-order valence-corrected chi connectivity index (χ2v) is 3.28. The first-order valence-electron chi connectivity index (χ1n) is 4.70. The van der Waals surface area contributed by atoms with Crippen molar-refractivity contribution in [2.24, 2.45) is 0 Å². The van der Waals surface area contributed by atoms with Gasteiger partial charge in [0.15, 0.2) is 0 Å². The first-order chi connectivity index (χ1) is 6.24. The SMILES string of the molecule is CCC(C)NCc1ccccc1F. The van der Waals surface area contributed by atoms with Gasteiger partial charge < -0.3 is 5.32 Å². The minimum Gasteiger partial charge on any atom is -0.310 e. The van der Waals surface area contributed by atoms with E-state index < -0.39 is 0 Å². The minimum absolute atomic E-state index is 0.127. The number of halogens is 1. The van der Waals surface area contributed by atoms with Gasteiger partial charge in [0.05, 0.1) is 0 Å². The lowest BCUT2D eigenvalue weighted by atomic mass is 10.2. The van der Waals surface area contributed by atoms with Gasteiger partial charge in [0.2, 0.25) is 0 Å². The highest BCUT2D eigenvalue weighted by atomic mass is 19.1. The molecule has 1 rings (SSSR count). The summed E-state index contributed by atoms with van der Waals surface area (Å²) in [5.41, 5.74) is 0.739. The van der Waals surface area contributed by atoms with E-state index >= 15 is 0 Å². The molecule has 1 aromatic carbocycles. The summed E-state index contributed by atoms with van der Waals surface area (Å²) in [4.78, 5) is 0. The summed E-state index contributed by atoms with van der Waals surface area (Å²) in [5, 5.41) is 3.25. The van der Waals surface area contributed by atoms with Crippen LogP contribution >= 0.6 is 0 Å². The van der Waals surface area contributed by atoms with E-state index in [1.165, 1.54) is 6.07 Å². The second-order valence-electron chi connectivity index (χ2n) is 3.28. The summed E-state index contributed by atoms with van der Waals surface area (Å²) in [5.74, 6) is -0.127. The Morgan fingerprint density at radius 3 is 2.69 bits per heavy atom. The molecule has 0 aromatic heterocycles. The Labute approximate surface area is 79.0 Å². The molecule has 1 nitrogen and oxygen atoms in total. The van der Waals surface area contributed by atoms with Gasteiger partial charge in [0.1, 0.15) is 5.82 Å². The fourth-order valence-corrected chi connectivity index (χ4v) is 1.07. The molecular formula is C11H16FN. The number of nitrogens with one attached hydrogen (secondary N) is 1. The topological polar surface area (TPSA) is 12.0 Å². The van der Waals surface area contributed by atoms with Crippen molar-refractivity contribution in [3.05, 3.63) is 35.6 Å². The first kappa shape index (κ1) is 10.2. The maximum absolute atomic E-state index is 13.1. The Hall–Kier alpha value is -0.890. The molecule has 1 atom stereocenters. The van der Waals surface area contributed by atoms with E-state index in [0.29, 0.717) is 12.6 Å². The molecule has 0 aliphatic heterocycles. The van der Waals surface area contributed by atoms with Crippen LogP contribution in [0.1, 0.15) is 25.8 Å².